The molecule has 1 aliphatic rings. The molecular weight excluding hydrogens is 230 g/mol. The molecule has 94 valence electrons. The van der Waals surface area contributed by atoms with Crippen molar-refractivity contribution in [3.8, 4) is 11.4 Å². The van der Waals surface area contributed by atoms with Crippen molar-refractivity contribution in [2.45, 2.75) is 19.0 Å². The molecule has 2 aromatic rings. The highest BCUT2D eigenvalue weighted by Gasteiger charge is 2.14. The van der Waals surface area contributed by atoms with Gasteiger partial charge in [0, 0.05) is 24.8 Å². The van der Waals surface area contributed by atoms with Gasteiger partial charge in [-0.3, -0.25) is 0 Å². The fraction of sp³-hybridized carbons (Fsp3) is 0.385. The molecule has 0 radical (unpaired) electrons. The van der Waals surface area contributed by atoms with E-state index in [1.807, 2.05) is 12.1 Å². The van der Waals surface area contributed by atoms with Crippen molar-refractivity contribution >= 4 is 0 Å². The number of ether oxygens (including phenoxy) is 1. The second-order valence-electron chi connectivity index (χ2n) is 4.39. The van der Waals surface area contributed by atoms with Crippen LogP contribution in [0.5, 0.6) is 0 Å². The molecule has 0 bridgehead atoms. The van der Waals surface area contributed by atoms with Crippen LogP contribution in [0.15, 0.2) is 35.2 Å². The van der Waals surface area contributed by atoms with Gasteiger partial charge in [-0.15, -0.1) is 0 Å². The average Bonchev–Trinajstić information content (AvgIpc) is 3.10. The fourth-order valence-electron chi connectivity index (χ4n) is 2.03. The summed E-state index contributed by atoms with van der Waals surface area (Å²) in [4.78, 5) is 4.02. The first-order chi connectivity index (χ1) is 8.92. The van der Waals surface area contributed by atoms with Crippen molar-refractivity contribution in [1.82, 2.24) is 15.5 Å². The van der Waals surface area contributed by atoms with Gasteiger partial charge in [-0.2, -0.15) is 4.98 Å². The smallest absolute Gasteiger partial charge is 0.214 e. The molecule has 5 nitrogen and oxygen atoms in total. The lowest BCUT2D eigenvalue weighted by Crippen LogP contribution is -2.28. The van der Waals surface area contributed by atoms with Gasteiger partial charge in [0.15, 0.2) is 0 Å². The summed E-state index contributed by atoms with van der Waals surface area (Å²) in [5.74, 6) is 0.624. The molecule has 0 saturated carbocycles. The number of nitrogens with one attached hydrogen (secondary N) is 1. The molecule has 1 aromatic carbocycles. The van der Waals surface area contributed by atoms with Crippen molar-refractivity contribution in [3.63, 3.8) is 0 Å². The Morgan fingerprint density at radius 1 is 1.28 bits per heavy atom. The van der Waals surface area contributed by atoms with Gasteiger partial charge < -0.3 is 14.6 Å². The zero-order chi connectivity index (χ0) is 12.2. The van der Waals surface area contributed by atoms with Crippen LogP contribution in [0.2, 0.25) is 0 Å². The van der Waals surface area contributed by atoms with E-state index in [0.29, 0.717) is 11.9 Å². The van der Waals surface area contributed by atoms with E-state index in [0.717, 1.165) is 31.7 Å². The highest BCUT2D eigenvalue weighted by molar-refractivity contribution is 5.54. The van der Waals surface area contributed by atoms with Crippen LogP contribution in [0.3, 0.4) is 0 Å². The van der Waals surface area contributed by atoms with E-state index in [2.05, 4.69) is 27.6 Å². The first kappa shape index (κ1) is 11.4. The van der Waals surface area contributed by atoms with Gasteiger partial charge in [0.05, 0.1) is 6.61 Å². The summed E-state index contributed by atoms with van der Waals surface area (Å²) in [5.41, 5.74) is 2.21. The molecule has 0 spiro atoms. The van der Waals surface area contributed by atoms with Crippen molar-refractivity contribution in [2.24, 2.45) is 0 Å². The van der Waals surface area contributed by atoms with Crippen LogP contribution in [-0.2, 0) is 11.3 Å². The Balaban J connectivity index is 1.60. The molecule has 1 aromatic heterocycles. The predicted octanol–water partition coefficient (Wildman–Crippen LogP) is 1.62. The Morgan fingerprint density at radius 3 is 2.83 bits per heavy atom. The van der Waals surface area contributed by atoms with Crippen molar-refractivity contribution in [2.75, 3.05) is 13.2 Å². The third-order valence-corrected chi connectivity index (χ3v) is 3.10. The summed E-state index contributed by atoms with van der Waals surface area (Å²) in [6, 6.07) is 8.66. The lowest BCUT2D eigenvalue weighted by molar-refractivity contribution is 0.190. The molecule has 0 unspecified atom stereocenters. The SMILES string of the molecule is c1nc(-c2ccc(CN[C@H]3CCOC3)cc2)no1. The lowest BCUT2D eigenvalue weighted by Gasteiger charge is -2.10. The van der Waals surface area contributed by atoms with Gasteiger partial charge in [-0.05, 0) is 12.0 Å². The van der Waals surface area contributed by atoms with Crippen LogP contribution in [0.25, 0.3) is 11.4 Å². The molecule has 1 atom stereocenters. The summed E-state index contributed by atoms with van der Waals surface area (Å²) in [6.45, 7) is 2.55. The number of aromatic nitrogens is 2. The Labute approximate surface area is 105 Å². The molecular formula is C13H15N3O2. The Hall–Kier alpha value is -1.72. The van der Waals surface area contributed by atoms with Gasteiger partial charge in [0.1, 0.15) is 0 Å². The normalized spacial score (nSPS) is 19.2. The maximum atomic E-state index is 5.32. The molecule has 0 aliphatic carbocycles. The van der Waals surface area contributed by atoms with Crippen LogP contribution in [-0.4, -0.2) is 29.4 Å². The Bertz CT molecular complexity index is 475. The van der Waals surface area contributed by atoms with E-state index in [1.165, 1.54) is 12.0 Å². The molecule has 0 amide bonds. The van der Waals surface area contributed by atoms with E-state index in [1.54, 1.807) is 0 Å². The van der Waals surface area contributed by atoms with Gasteiger partial charge in [0.25, 0.3) is 0 Å². The third-order valence-electron chi connectivity index (χ3n) is 3.10. The van der Waals surface area contributed by atoms with Crippen LogP contribution >= 0.6 is 0 Å². The molecule has 2 heterocycles. The number of rotatable bonds is 4. The minimum Gasteiger partial charge on any atom is -0.380 e. The van der Waals surface area contributed by atoms with E-state index in [4.69, 9.17) is 9.26 Å². The minimum atomic E-state index is 0.488. The van der Waals surface area contributed by atoms with Crippen LogP contribution in [0, 0.1) is 0 Å². The average molecular weight is 245 g/mol. The third kappa shape index (κ3) is 2.57. The fourth-order valence-corrected chi connectivity index (χ4v) is 2.03. The molecule has 1 aliphatic heterocycles. The monoisotopic (exact) mass is 245 g/mol. The summed E-state index contributed by atoms with van der Waals surface area (Å²) in [6.07, 6.45) is 2.44. The zero-order valence-electron chi connectivity index (χ0n) is 10.0. The first-order valence-corrected chi connectivity index (χ1v) is 6.08. The maximum absolute atomic E-state index is 5.32. The summed E-state index contributed by atoms with van der Waals surface area (Å²) in [5, 5.41) is 7.28. The minimum absolute atomic E-state index is 0.488. The molecule has 1 N–H and O–H groups in total. The zero-order valence-corrected chi connectivity index (χ0v) is 10.0. The molecule has 1 fully saturated rings. The number of hydrogen-bond acceptors (Lipinski definition) is 5. The summed E-state index contributed by atoms with van der Waals surface area (Å²) in [7, 11) is 0. The first-order valence-electron chi connectivity index (χ1n) is 6.08. The van der Waals surface area contributed by atoms with E-state index in [9.17, 15) is 0 Å². The van der Waals surface area contributed by atoms with Gasteiger partial charge in [-0.25, -0.2) is 0 Å². The Morgan fingerprint density at radius 2 is 2.17 bits per heavy atom. The van der Waals surface area contributed by atoms with Crippen molar-refractivity contribution in [3.05, 3.63) is 36.2 Å². The number of hydrogen-bond donors (Lipinski definition) is 1. The van der Waals surface area contributed by atoms with E-state index in [-0.39, 0.29) is 0 Å². The highest BCUT2D eigenvalue weighted by atomic mass is 16.5. The number of benzene rings is 1. The van der Waals surface area contributed by atoms with Crippen molar-refractivity contribution < 1.29 is 9.26 Å². The highest BCUT2D eigenvalue weighted by Crippen LogP contribution is 2.15. The second kappa shape index (κ2) is 5.29. The standard InChI is InChI=1S/C13H15N3O2/c1-3-11(13-15-9-18-16-13)4-2-10(1)7-14-12-5-6-17-8-12/h1-4,9,12,14H,5-8H2/t12-/m0/s1. The van der Waals surface area contributed by atoms with Gasteiger partial charge in [-0.1, -0.05) is 29.4 Å². The summed E-state index contributed by atoms with van der Waals surface area (Å²) < 4.78 is 10.1. The number of nitrogens with zero attached hydrogens (tertiary/aromatic N) is 2. The molecule has 1 saturated heterocycles. The van der Waals surface area contributed by atoms with Crippen LogP contribution in [0.1, 0.15) is 12.0 Å². The van der Waals surface area contributed by atoms with Crippen molar-refractivity contribution in [1.29, 1.82) is 0 Å². The maximum Gasteiger partial charge on any atom is 0.214 e. The van der Waals surface area contributed by atoms with Gasteiger partial charge in [0.2, 0.25) is 12.2 Å². The predicted molar refractivity (Wildman–Crippen MR) is 65.8 cm³/mol. The topological polar surface area (TPSA) is 60.2 Å². The van der Waals surface area contributed by atoms with Gasteiger partial charge >= 0.3 is 0 Å². The molecule has 3 rings (SSSR count). The molecule has 5 heteroatoms. The van der Waals surface area contributed by atoms with Crippen LogP contribution < -0.4 is 5.32 Å². The largest absolute Gasteiger partial charge is 0.380 e. The van der Waals surface area contributed by atoms with Crippen LogP contribution in [0.4, 0.5) is 0 Å². The molecule has 18 heavy (non-hydrogen) atoms. The quantitative estimate of drug-likeness (QED) is 0.886. The summed E-state index contributed by atoms with van der Waals surface area (Å²) >= 11 is 0. The van der Waals surface area contributed by atoms with E-state index < -0.39 is 0 Å². The Kier molecular flexibility index (Phi) is 3.34. The van der Waals surface area contributed by atoms with E-state index >= 15 is 0 Å². The lowest BCUT2D eigenvalue weighted by atomic mass is 10.1. The second-order valence-corrected chi connectivity index (χ2v) is 4.39.